The molecule has 0 aromatic heterocycles. The zero-order valence-corrected chi connectivity index (χ0v) is 13.1. The van der Waals surface area contributed by atoms with E-state index in [-0.39, 0.29) is 29.7 Å². The Morgan fingerprint density at radius 2 is 2.26 bits per heavy atom. The fraction of sp³-hybridized carbons (Fsp3) is 0.562. The number of piperidine rings is 1. The Labute approximate surface area is 135 Å². The molecule has 4 unspecified atom stereocenters. The van der Waals surface area contributed by atoms with Crippen LogP contribution in [0, 0.1) is 11.7 Å². The van der Waals surface area contributed by atoms with E-state index in [2.05, 4.69) is 21.5 Å². The number of hydrogen-bond donors (Lipinski definition) is 4. The predicted molar refractivity (Wildman–Crippen MR) is 84.3 cm³/mol. The molecule has 23 heavy (non-hydrogen) atoms. The van der Waals surface area contributed by atoms with E-state index >= 15 is 0 Å². The smallest absolute Gasteiger partial charge is 0.239 e. The minimum Gasteiger partial charge on any atom is -0.486 e. The molecule has 0 spiro atoms. The molecule has 1 amide bonds. The summed E-state index contributed by atoms with van der Waals surface area (Å²) >= 11 is 0. The minimum absolute atomic E-state index is 0.0577. The van der Waals surface area contributed by atoms with Crippen LogP contribution in [0.15, 0.2) is 24.3 Å². The van der Waals surface area contributed by atoms with Crippen LogP contribution in [-0.4, -0.2) is 43.7 Å². The van der Waals surface area contributed by atoms with E-state index < -0.39 is 5.82 Å². The van der Waals surface area contributed by atoms with Gasteiger partial charge >= 0.3 is 0 Å². The fourth-order valence-electron chi connectivity index (χ4n) is 3.13. The van der Waals surface area contributed by atoms with E-state index in [0.717, 1.165) is 19.5 Å². The van der Waals surface area contributed by atoms with Crippen LogP contribution in [0.4, 0.5) is 4.39 Å². The number of rotatable bonds is 5. The monoisotopic (exact) mass is 322 g/mol. The zero-order valence-electron chi connectivity index (χ0n) is 13.1. The van der Waals surface area contributed by atoms with E-state index in [1.165, 1.54) is 6.07 Å². The molecule has 0 saturated carbocycles. The number of fused-ring (bicyclic) bond motifs is 1. The van der Waals surface area contributed by atoms with Crippen molar-refractivity contribution in [1.29, 1.82) is 0 Å². The Morgan fingerprint density at radius 3 is 3.09 bits per heavy atom. The number of carbonyl (C=O) groups excluding carboxylic acids is 1. The van der Waals surface area contributed by atoms with Gasteiger partial charge in [0, 0.05) is 18.5 Å². The maximum atomic E-state index is 13.5. The van der Waals surface area contributed by atoms with Gasteiger partial charge in [-0.1, -0.05) is 12.1 Å². The molecule has 1 aromatic carbocycles. The zero-order chi connectivity index (χ0) is 16.2. The van der Waals surface area contributed by atoms with Gasteiger partial charge < -0.3 is 15.4 Å². The highest BCUT2D eigenvalue weighted by atomic mass is 19.1. The summed E-state index contributed by atoms with van der Waals surface area (Å²) in [4.78, 5) is 12.4. The average Bonchev–Trinajstić information content (AvgIpc) is 2.99. The summed E-state index contributed by atoms with van der Waals surface area (Å²) in [5.74, 6) is -0.0147. The summed E-state index contributed by atoms with van der Waals surface area (Å²) < 4.78 is 19.1. The lowest BCUT2D eigenvalue weighted by molar-refractivity contribution is -0.124. The normalized spacial score (nSPS) is 28.0. The lowest BCUT2D eigenvalue weighted by Crippen LogP contribution is -2.50. The molecule has 2 saturated heterocycles. The van der Waals surface area contributed by atoms with Crippen LogP contribution in [0.5, 0.6) is 5.75 Å². The van der Waals surface area contributed by atoms with Crippen molar-refractivity contribution in [2.45, 2.75) is 31.5 Å². The van der Waals surface area contributed by atoms with Gasteiger partial charge in [-0.3, -0.25) is 10.2 Å². The number of halogens is 1. The predicted octanol–water partition coefficient (Wildman–Crippen LogP) is 0.164. The number of carbonyl (C=O) groups is 1. The summed E-state index contributed by atoms with van der Waals surface area (Å²) in [6.07, 6.45) is 0.694. The van der Waals surface area contributed by atoms with Crippen molar-refractivity contribution in [3.8, 4) is 5.75 Å². The van der Waals surface area contributed by atoms with Crippen LogP contribution in [0.3, 0.4) is 0 Å². The van der Waals surface area contributed by atoms with Crippen LogP contribution in [0.2, 0.25) is 0 Å². The number of nitrogens with one attached hydrogen (secondary N) is 4. The Hall–Kier alpha value is -1.70. The molecule has 3 rings (SSSR count). The van der Waals surface area contributed by atoms with Crippen molar-refractivity contribution in [1.82, 2.24) is 21.5 Å². The standard InChI is InChI=1S/C16H23FN4O2/c1-10(23-14-5-3-2-4-12(14)17)8-19-16(22)15-11-9-18-7-6-13(11)20-21-15/h2-5,10-11,13,15,18,20-21H,6-9H2,1H3,(H,19,22). The molecule has 0 bridgehead atoms. The third kappa shape index (κ3) is 3.80. The minimum atomic E-state index is -0.400. The third-order valence-electron chi connectivity index (χ3n) is 4.39. The van der Waals surface area contributed by atoms with Gasteiger partial charge in [-0.05, 0) is 32.0 Å². The summed E-state index contributed by atoms with van der Waals surface area (Å²) in [7, 11) is 0. The molecule has 2 fully saturated rings. The van der Waals surface area contributed by atoms with Crippen molar-refractivity contribution in [3.05, 3.63) is 30.1 Å². The Morgan fingerprint density at radius 1 is 1.43 bits per heavy atom. The number of hydrazine groups is 1. The molecule has 126 valence electrons. The Bertz CT molecular complexity index is 557. The molecule has 1 aromatic rings. The lowest BCUT2D eigenvalue weighted by Gasteiger charge is -2.27. The van der Waals surface area contributed by atoms with Crippen LogP contribution in [-0.2, 0) is 4.79 Å². The summed E-state index contributed by atoms with van der Waals surface area (Å²) in [5.41, 5.74) is 6.27. The number of amides is 1. The largest absolute Gasteiger partial charge is 0.486 e. The van der Waals surface area contributed by atoms with Gasteiger partial charge in [0.25, 0.3) is 0 Å². The highest BCUT2D eigenvalue weighted by molar-refractivity contribution is 5.82. The molecule has 0 radical (unpaired) electrons. The average molecular weight is 322 g/mol. The van der Waals surface area contributed by atoms with Crippen LogP contribution >= 0.6 is 0 Å². The SMILES string of the molecule is CC(CNC(=O)C1NNC2CCNCC21)Oc1ccccc1F. The van der Waals surface area contributed by atoms with Crippen molar-refractivity contribution in [2.24, 2.45) is 5.92 Å². The van der Waals surface area contributed by atoms with Gasteiger partial charge in [-0.2, -0.15) is 0 Å². The number of para-hydroxylation sites is 1. The third-order valence-corrected chi connectivity index (χ3v) is 4.39. The van der Waals surface area contributed by atoms with Crippen LogP contribution in [0.1, 0.15) is 13.3 Å². The van der Waals surface area contributed by atoms with E-state index in [1.54, 1.807) is 25.1 Å². The van der Waals surface area contributed by atoms with Gasteiger partial charge in [-0.15, -0.1) is 0 Å². The molecule has 2 aliphatic heterocycles. The first kappa shape index (κ1) is 16.2. The second-order valence-electron chi connectivity index (χ2n) is 6.13. The molecule has 2 heterocycles. The van der Waals surface area contributed by atoms with Crippen LogP contribution < -0.4 is 26.2 Å². The first-order valence-corrected chi connectivity index (χ1v) is 8.06. The summed E-state index contributed by atoms with van der Waals surface area (Å²) in [6, 6.07) is 6.34. The quantitative estimate of drug-likeness (QED) is 0.622. The first-order chi connectivity index (χ1) is 11.1. The topological polar surface area (TPSA) is 74.4 Å². The highest BCUT2D eigenvalue weighted by Crippen LogP contribution is 2.20. The van der Waals surface area contributed by atoms with Gasteiger partial charge in [0.2, 0.25) is 5.91 Å². The van der Waals surface area contributed by atoms with Gasteiger partial charge in [0.05, 0.1) is 6.54 Å². The summed E-state index contributed by atoms with van der Waals surface area (Å²) in [6.45, 7) is 3.93. The van der Waals surface area contributed by atoms with Gasteiger partial charge in [-0.25, -0.2) is 9.82 Å². The van der Waals surface area contributed by atoms with Gasteiger partial charge in [0.15, 0.2) is 11.6 Å². The van der Waals surface area contributed by atoms with E-state index in [0.29, 0.717) is 12.6 Å². The summed E-state index contributed by atoms with van der Waals surface area (Å²) in [5, 5.41) is 6.20. The number of ether oxygens (including phenoxy) is 1. The Balaban J connectivity index is 1.48. The maximum absolute atomic E-state index is 13.5. The van der Waals surface area contributed by atoms with Crippen LogP contribution in [0.25, 0.3) is 0 Å². The van der Waals surface area contributed by atoms with Crippen molar-refractivity contribution in [2.75, 3.05) is 19.6 Å². The second kappa shape index (κ2) is 7.25. The van der Waals surface area contributed by atoms with E-state index in [4.69, 9.17) is 4.74 Å². The fourth-order valence-corrected chi connectivity index (χ4v) is 3.13. The lowest BCUT2D eigenvalue weighted by atomic mass is 9.89. The second-order valence-corrected chi connectivity index (χ2v) is 6.13. The molecular weight excluding hydrogens is 299 g/mol. The molecule has 7 heteroatoms. The molecule has 4 atom stereocenters. The van der Waals surface area contributed by atoms with E-state index in [9.17, 15) is 9.18 Å². The van der Waals surface area contributed by atoms with Crippen molar-refractivity contribution >= 4 is 5.91 Å². The molecule has 0 aliphatic carbocycles. The highest BCUT2D eigenvalue weighted by Gasteiger charge is 2.41. The first-order valence-electron chi connectivity index (χ1n) is 8.06. The molecule has 6 nitrogen and oxygen atoms in total. The molecular formula is C16H23FN4O2. The van der Waals surface area contributed by atoms with E-state index in [1.807, 2.05) is 0 Å². The maximum Gasteiger partial charge on any atom is 0.239 e. The van der Waals surface area contributed by atoms with Gasteiger partial charge in [0.1, 0.15) is 12.1 Å². The molecule has 4 N–H and O–H groups in total. The Kier molecular flexibility index (Phi) is 5.09. The molecule has 2 aliphatic rings. The number of benzene rings is 1. The van der Waals surface area contributed by atoms with Crippen molar-refractivity contribution < 1.29 is 13.9 Å². The number of hydrogen-bond acceptors (Lipinski definition) is 5. The van der Waals surface area contributed by atoms with Crippen molar-refractivity contribution in [3.63, 3.8) is 0 Å².